The van der Waals surface area contributed by atoms with Crippen molar-refractivity contribution in [2.75, 3.05) is 5.32 Å². The summed E-state index contributed by atoms with van der Waals surface area (Å²) in [6, 6.07) is 0.386. The third-order valence-corrected chi connectivity index (χ3v) is 3.34. The van der Waals surface area contributed by atoms with E-state index in [9.17, 15) is 0 Å². The number of allylic oxidation sites excluding steroid dienone is 2. The minimum absolute atomic E-state index is 0.386. The molecule has 4 heteroatoms. The first-order valence-corrected chi connectivity index (χ1v) is 5.65. The van der Waals surface area contributed by atoms with E-state index in [1.54, 1.807) is 0 Å². The van der Waals surface area contributed by atoms with E-state index in [0.29, 0.717) is 12.0 Å². The van der Waals surface area contributed by atoms with Crippen LogP contribution in [-0.2, 0) is 13.6 Å². The van der Waals surface area contributed by atoms with Crippen molar-refractivity contribution in [3.8, 4) is 0 Å². The van der Waals surface area contributed by atoms with Gasteiger partial charge >= 0.3 is 0 Å². The number of hydrogen-bond donors (Lipinski definition) is 2. The van der Waals surface area contributed by atoms with Crippen LogP contribution in [0.15, 0.2) is 30.1 Å². The van der Waals surface area contributed by atoms with Gasteiger partial charge in [0, 0.05) is 24.9 Å². The van der Waals surface area contributed by atoms with E-state index in [4.69, 9.17) is 0 Å². The molecule has 2 aliphatic rings. The largest absolute Gasteiger partial charge is 0.342 e. The summed E-state index contributed by atoms with van der Waals surface area (Å²) < 4.78 is 1.89. The fourth-order valence-corrected chi connectivity index (χ4v) is 2.38. The van der Waals surface area contributed by atoms with Gasteiger partial charge in [-0.2, -0.15) is 5.10 Å². The molecule has 1 aromatic heterocycles. The topological polar surface area (TPSA) is 41.9 Å². The molecule has 2 atom stereocenters. The molecule has 2 unspecified atom stereocenters. The lowest BCUT2D eigenvalue weighted by atomic mass is 9.94. The van der Waals surface area contributed by atoms with E-state index in [0.717, 1.165) is 12.4 Å². The summed E-state index contributed by atoms with van der Waals surface area (Å²) in [5.41, 5.74) is 2.46. The Balaban J connectivity index is 2.00. The minimum atomic E-state index is 0.386. The van der Waals surface area contributed by atoms with Gasteiger partial charge in [-0.1, -0.05) is 19.1 Å². The zero-order chi connectivity index (χ0) is 11.1. The SMILES string of the molecule is CC1C=CC=C2Nc3c(cnn3C)CNC21. The predicted octanol–water partition coefficient (Wildman–Crippen LogP) is 1.39. The zero-order valence-corrected chi connectivity index (χ0v) is 9.57. The lowest BCUT2D eigenvalue weighted by Crippen LogP contribution is -2.37. The van der Waals surface area contributed by atoms with Crippen LogP contribution in [0.1, 0.15) is 12.5 Å². The molecule has 0 radical (unpaired) electrons. The maximum atomic E-state index is 4.27. The second-order valence-electron chi connectivity index (χ2n) is 4.49. The van der Waals surface area contributed by atoms with Crippen molar-refractivity contribution >= 4 is 5.82 Å². The first-order valence-electron chi connectivity index (χ1n) is 5.65. The molecule has 0 spiro atoms. The number of anilines is 1. The Hall–Kier alpha value is -1.55. The van der Waals surface area contributed by atoms with Gasteiger partial charge in [-0.15, -0.1) is 0 Å². The number of nitrogens with one attached hydrogen (secondary N) is 2. The predicted molar refractivity (Wildman–Crippen MR) is 63.8 cm³/mol. The second-order valence-corrected chi connectivity index (χ2v) is 4.49. The molecule has 0 aromatic carbocycles. The van der Waals surface area contributed by atoms with Gasteiger partial charge in [-0.3, -0.25) is 4.68 Å². The Bertz CT molecular complexity index is 469. The average molecular weight is 216 g/mol. The Kier molecular flexibility index (Phi) is 2.11. The Morgan fingerprint density at radius 1 is 1.50 bits per heavy atom. The van der Waals surface area contributed by atoms with Gasteiger partial charge < -0.3 is 10.6 Å². The highest BCUT2D eigenvalue weighted by atomic mass is 15.3. The van der Waals surface area contributed by atoms with Crippen LogP contribution >= 0.6 is 0 Å². The summed E-state index contributed by atoms with van der Waals surface area (Å²) in [6.45, 7) is 3.10. The van der Waals surface area contributed by atoms with Crippen LogP contribution in [0.4, 0.5) is 5.82 Å². The van der Waals surface area contributed by atoms with Crippen molar-refractivity contribution in [2.24, 2.45) is 13.0 Å². The summed E-state index contributed by atoms with van der Waals surface area (Å²) in [4.78, 5) is 0. The fourth-order valence-electron chi connectivity index (χ4n) is 2.38. The summed E-state index contributed by atoms with van der Waals surface area (Å²) in [6.07, 6.45) is 8.41. The Morgan fingerprint density at radius 3 is 3.25 bits per heavy atom. The maximum absolute atomic E-state index is 4.27. The lowest BCUT2D eigenvalue weighted by molar-refractivity contribution is 0.481. The van der Waals surface area contributed by atoms with Crippen molar-refractivity contribution in [3.05, 3.63) is 35.7 Å². The van der Waals surface area contributed by atoms with Gasteiger partial charge in [0.1, 0.15) is 5.82 Å². The Labute approximate surface area is 95.0 Å². The van der Waals surface area contributed by atoms with Gasteiger partial charge in [-0.25, -0.2) is 0 Å². The molecule has 16 heavy (non-hydrogen) atoms. The van der Waals surface area contributed by atoms with Gasteiger partial charge in [0.05, 0.1) is 12.2 Å². The molecule has 2 N–H and O–H groups in total. The average Bonchev–Trinajstić information content (AvgIpc) is 2.51. The summed E-state index contributed by atoms with van der Waals surface area (Å²) >= 11 is 0. The summed E-state index contributed by atoms with van der Waals surface area (Å²) in [5.74, 6) is 1.62. The monoisotopic (exact) mass is 216 g/mol. The van der Waals surface area contributed by atoms with Crippen LogP contribution in [0.3, 0.4) is 0 Å². The first-order chi connectivity index (χ1) is 7.75. The number of aromatic nitrogens is 2. The molecule has 3 rings (SSSR count). The molecule has 2 heterocycles. The van der Waals surface area contributed by atoms with E-state index in [2.05, 4.69) is 40.9 Å². The quantitative estimate of drug-likeness (QED) is 0.688. The number of rotatable bonds is 0. The van der Waals surface area contributed by atoms with Crippen LogP contribution in [0.5, 0.6) is 0 Å². The number of nitrogens with zero attached hydrogens (tertiary/aromatic N) is 2. The fraction of sp³-hybridized carbons (Fsp3) is 0.417. The molecule has 1 aliphatic carbocycles. The minimum Gasteiger partial charge on any atom is -0.342 e. The second kappa shape index (κ2) is 3.49. The van der Waals surface area contributed by atoms with Crippen molar-refractivity contribution < 1.29 is 0 Å². The molecular formula is C12H16N4. The van der Waals surface area contributed by atoms with Crippen LogP contribution in [0.25, 0.3) is 0 Å². The van der Waals surface area contributed by atoms with Gasteiger partial charge in [0.2, 0.25) is 0 Å². The van der Waals surface area contributed by atoms with E-state index < -0.39 is 0 Å². The van der Waals surface area contributed by atoms with Crippen molar-refractivity contribution in [2.45, 2.75) is 19.5 Å². The lowest BCUT2D eigenvalue weighted by Gasteiger charge is -2.26. The summed E-state index contributed by atoms with van der Waals surface area (Å²) in [5, 5.41) is 11.3. The molecule has 0 saturated carbocycles. The molecule has 0 saturated heterocycles. The van der Waals surface area contributed by atoms with Crippen molar-refractivity contribution in [3.63, 3.8) is 0 Å². The van der Waals surface area contributed by atoms with Gasteiger partial charge in [0.25, 0.3) is 0 Å². The van der Waals surface area contributed by atoms with E-state index in [-0.39, 0.29) is 0 Å². The molecule has 1 aliphatic heterocycles. The smallest absolute Gasteiger partial charge is 0.132 e. The normalized spacial score (nSPS) is 27.5. The third-order valence-electron chi connectivity index (χ3n) is 3.34. The van der Waals surface area contributed by atoms with Crippen LogP contribution < -0.4 is 10.6 Å². The first kappa shape index (κ1) is 9.66. The van der Waals surface area contributed by atoms with Gasteiger partial charge in [-0.05, 0) is 12.0 Å². The van der Waals surface area contributed by atoms with Crippen molar-refractivity contribution in [1.29, 1.82) is 0 Å². The molecular weight excluding hydrogens is 200 g/mol. The highest BCUT2D eigenvalue weighted by Gasteiger charge is 2.26. The Morgan fingerprint density at radius 2 is 2.38 bits per heavy atom. The maximum Gasteiger partial charge on any atom is 0.132 e. The molecule has 0 bridgehead atoms. The number of hydrogen-bond acceptors (Lipinski definition) is 3. The molecule has 84 valence electrons. The van der Waals surface area contributed by atoms with E-state index in [1.807, 2.05) is 17.9 Å². The molecule has 0 amide bonds. The van der Waals surface area contributed by atoms with Gasteiger partial charge in [0.15, 0.2) is 0 Å². The zero-order valence-electron chi connectivity index (χ0n) is 9.57. The highest BCUT2D eigenvalue weighted by molar-refractivity contribution is 5.53. The molecule has 4 nitrogen and oxygen atoms in total. The third kappa shape index (κ3) is 1.38. The number of aryl methyl sites for hydroxylation is 1. The standard InChI is InChI=1S/C12H16N4/c1-8-4-3-5-10-11(8)13-6-9-7-14-16(2)12(9)15-10/h3-5,7-8,11,13,15H,6H2,1-2H3. The van der Waals surface area contributed by atoms with Crippen LogP contribution in [-0.4, -0.2) is 15.8 Å². The molecule has 1 aromatic rings. The van der Waals surface area contributed by atoms with Crippen LogP contribution in [0, 0.1) is 5.92 Å². The van der Waals surface area contributed by atoms with E-state index >= 15 is 0 Å². The molecule has 0 fully saturated rings. The van der Waals surface area contributed by atoms with Crippen molar-refractivity contribution in [1.82, 2.24) is 15.1 Å². The summed E-state index contributed by atoms with van der Waals surface area (Å²) in [7, 11) is 1.97. The van der Waals surface area contributed by atoms with Crippen LogP contribution in [0.2, 0.25) is 0 Å². The number of fused-ring (bicyclic) bond motifs is 2. The van der Waals surface area contributed by atoms with E-state index in [1.165, 1.54) is 11.3 Å². The highest BCUT2D eigenvalue weighted by Crippen LogP contribution is 2.26.